The molecule has 0 saturated carbocycles. The highest BCUT2D eigenvalue weighted by Crippen LogP contribution is 2.25. The van der Waals surface area contributed by atoms with Gasteiger partial charge in [-0.1, -0.05) is 36.0 Å². The minimum absolute atomic E-state index is 0.0225. The summed E-state index contributed by atoms with van der Waals surface area (Å²) in [4.78, 5) is 34.5. The molecule has 7 nitrogen and oxygen atoms in total. The molecule has 0 aliphatic heterocycles. The highest BCUT2D eigenvalue weighted by atomic mass is 32.2. The van der Waals surface area contributed by atoms with Gasteiger partial charge in [0.15, 0.2) is 10.8 Å². The Morgan fingerprint density at radius 3 is 2.70 bits per heavy atom. The van der Waals surface area contributed by atoms with E-state index < -0.39 is 0 Å². The Balaban J connectivity index is 1.59. The first kappa shape index (κ1) is 22.5. The molecule has 4 aromatic rings. The third-order valence-corrected chi connectivity index (χ3v) is 5.72. The summed E-state index contributed by atoms with van der Waals surface area (Å²) in [5.74, 6) is -0.0183. The number of anilines is 1. The van der Waals surface area contributed by atoms with Crippen LogP contribution < -0.4 is 15.6 Å². The average Bonchev–Trinajstić information content (AvgIpc) is 2.82. The molecule has 0 radical (unpaired) electrons. The molecule has 0 aliphatic carbocycles. The summed E-state index contributed by atoms with van der Waals surface area (Å²) in [5, 5.41) is 3.56. The van der Waals surface area contributed by atoms with E-state index in [4.69, 9.17) is 4.74 Å². The maximum absolute atomic E-state index is 13.3. The Morgan fingerprint density at radius 2 is 1.91 bits per heavy atom. The van der Waals surface area contributed by atoms with Crippen molar-refractivity contribution in [3.8, 4) is 5.75 Å². The van der Waals surface area contributed by atoms with Crippen molar-refractivity contribution in [2.24, 2.45) is 0 Å². The van der Waals surface area contributed by atoms with E-state index in [-0.39, 0.29) is 29.6 Å². The molecular formula is C24H21FN4O3S. The number of carbonyl (C=O) groups is 1. The molecule has 2 aromatic carbocycles. The summed E-state index contributed by atoms with van der Waals surface area (Å²) >= 11 is 1.13. The van der Waals surface area contributed by atoms with E-state index in [1.165, 1.54) is 16.7 Å². The number of hydrogen-bond acceptors (Lipinski definition) is 6. The highest BCUT2D eigenvalue weighted by molar-refractivity contribution is 7.99. The molecule has 2 aromatic heterocycles. The van der Waals surface area contributed by atoms with Gasteiger partial charge in [-0.2, -0.15) is 0 Å². The number of nitrogens with zero attached hydrogens (tertiary/aromatic N) is 3. The average molecular weight is 465 g/mol. The number of aromatic nitrogens is 3. The number of ether oxygens (including phenoxy) is 1. The zero-order valence-electron chi connectivity index (χ0n) is 17.8. The minimum Gasteiger partial charge on any atom is -0.492 e. The number of fused-ring (bicyclic) bond motifs is 1. The van der Waals surface area contributed by atoms with Crippen molar-refractivity contribution in [1.29, 1.82) is 0 Å². The second-order valence-electron chi connectivity index (χ2n) is 7.05. The van der Waals surface area contributed by atoms with Crippen LogP contribution in [0.25, 0.3) is 11.0 Å². The first-order valence-corrected chi connectivity index (χ1v) is 11.3. The molecule has 0 spiro atoms. The maximum atomic E-state index is 13.3. The van der Waals surface area contributed by atoms with E-state index in [1.54, 1.807) is 42.6 Å². The first-order chi connectivity index (χ1) is 16.0. The van der Waals surface area contributed by atoms with Crippen LogP contribution in [0, 0.1) is 5.82 Å². The zero-order valence-corrected chi connectivity index (χ0v) is 18.6. The molecule has 0 bridgehead atoms. The van der Waals surface area contributed by atoms with Crippen molar-refractivity contribution in [2.75, 3.05) is 17.7 Å². The summed E-state index contributed by atoms with van der Waals surface area (Å²) in [5.41, 5.74) is 1.34. The van der Waals surface area contributed by atoms with Crippen molar-refractivity contribution in [2.45, 2.75) is 18.6 Å². The molecule has 0 atom stereocenters. The van der Waals surface area contributed by atoms with Gasteiger partial charge in [-0.05, 0) is 48.9 Å². The molecule has 0 unspecified atom stereocenters. The lowest BCUT2D eigenvalue weighted by Gasteiger charge is -2.14. The second kappa shape index (κ2) is 10.3. The lowest BCUT2D eigenvalue weighted by Crippen LogP contribution is -2.25. The third-order valence-electron chi connectivity index (χ3n) is 4.74. The van der Waals surface area contributed by atoms with E-state index in [2.05, 4.69) is 15.3 Å². The van der Waals surface area contributed by atoms with Gasteiger partial charge in [0.2, 0.25) is 5.91 Å². The second-order valence-corrected chi connectivity index (χ2v) is 8.00. The number of pyridine rings is 1. The van der Waals surface area contributed by atoms with Gasteiger partial charge in [-0.25, -0.2) is 14.4 Å². The fourth-order valence-electron chi connectivity index (χ4n) is 3.23. The van der Waals surface area contributed by atoms with Crippen LogP contribution in [0.4, 0.5) is 10.1 Å². The van der Waals surface area contributed by atoms with E-state index in [1.807, 2.05) is 19.1 Å². The number of halogens is 1. The Bertz CT molecular complexity index is 1340. The fourth-order valence-corrected chi connectivity index (χ4v) is 4.01. The maximum Gasteiger partial charge on any atom is 0.263 e. The van der Waals surface area contributed by atoms with E-state index in [0.717, 1.165) is 17.3 Å². The van der Waals surface area contributed by atoms with Crippen molar-refractivity contribution in [3.05, 3.63) is 88.6 Å². The SMILES string of the molecule is CCOc1ccccc1NC(=O)CSc1nc2ncccc2c(=O)n1Cc1ccc(F)cc1. The predicted octanol–water partition coefficient (Wildman–Crippen LogP) is 4.11. The summed E-state index contributed by atoms with van der Waals surface area (Å²) in [6.07, 6.45) is 1.56. The van der Waals surface area contributed by atoms with Crippen LogP contribution in [0.5, 0.6) is 5.75 Å². The van der Waals surface area contributed by atoms with Crippen LogP contribution in [-0.2, 0) is 11.3 Å². The molecule has 4 rings (SSSR count). The van der Waals surface area contributed by atoms with Crippen LogP contribution in [-0.4, -0.2) is 32.8 Å². The van der Waals surface area contributed by atoms with Crippen molar-refractivity contribution in [1.82, 2.24) is 14.5 Å². The van der Waals surface area contributed by atoms with Gasteiger partial charge >= 0.3 is 0 Å². The Hall–Kier alpha value is -3.72. The number of amides is 1. The van der Waals surface area contributed by atoms with Gasteiger partial charge in [0.05, 0.1) is 30.0 Å². The molecule has 0 fully saturated rings. The minimum atomic E-state index is -0.356. The Morgan fingerprint density at radius 1 is 1.12 bits per heavy atom. The van der Waals surface area contributed by atoms with E-state index in [0.29, 0.717) is 34.2 Å². The van der Waals surface area contributed by atoms with Gasteiger partial charge in [-0.15, -0.1) is 0 Å². The smallest absolute Gasteiger partial charge is 0.263 e. The monoisotopic (exact) mass is 464 g/mol. The van der Waals surface area contributed by atoms with Gasteiger partial charge in [0.25, 0.3) is 5.56 Å². The van der Waals surface area contributed by atoms with Crippen LogP contribution in [0.1, 0.15) is 12.5 Å². The number of nitrogens with one attached hydrogen (secondary N) is 1. The van der Waals surface area contributed by atoms with Crippen LogP contribution in [0.3, 0.4) is 0 Å². The Kier molecular flexibility index (Phi) is 6.99. The molecule has 168 valence electrons. The normalized spacial score (nSPS) is 10.8. The predicted molar refractivity (Wildman–Crippen MR) is 126 cm³/mol. The van der Waals surface area contributed by atoms with Crippen molar-refractivity contribution < 1.29 is 13.9 Å². The molecule has 2 heterocycles. The van der Waals surface area contributed by atoms with Gasteiger partial charge < -0.3 is 10.1 Å². The largest absolute Gasteiger partial charge is 0.492 e. The van der Waals surface area contributed by atoms with Gasteiger partial charge in [0, 0.05) is 6.20 Å². The quantitative estimate of drug-likeness (QED) is 0.312. The number of thioether (sulfide) groups is 1. The molecule has 0 aliphatic rings. The van der Waals surface area contributed by atoms with E-state index >= 15 is 0 Å². The van der Waals surface area contributed by atoms with Crippen LogP contribution >= 0.6 is 11.8 Å². The highest BCUT2D eigenvalue weighted by Gasteiger charge is 2.15. The zero-order chi connectivity index (χ0) is 23.2. The van der Waals surface area contributed by atoms with Gasteiger partial charge in [-0.3, -0.25) is 14.2 Å². The van der Waals surface area contributed by atoms with Gasteiger partial charge in [0.1, 0.15) is 11.6 Å². The Labute approximate surface area is 193 Å². The molecule has 1 amide bonds. The summed E-state index contributed by atoms with van der Waals surface area (Å²) < 4.78 is 20.3. The molecule has 9 heteroatoms. The number of benzene rings is 2. The lowest BCUT2D eigenvalue weighted by atomic mass is 10.2. The number of hydrogen-bond donors (Lipinski definition) is 1. The summed E-state index contributed by atoms with van der Waals surface area (Å²) in [6.45, 7) is 2.54. The fraction of sp³-hybridized carbons (Fsp3) is 0.167. The number of carbonyl (C=O) groups excluding carboxylic acids is 1. The molecule has 0 saturated heterocycles. The number of para-hydroxylation sites is 2. The number of rotatable bonds is 8. The van der Waals surface area contributed by atoms with E-state index in [9.17, 15) is 14.0 Å². The van der Waals surface area contributed by atoms with Crippen LogP contribution in [0.2, 0.25) is 0 Å². The molecular weight excluding hydrogens is 443 g/mol. The summed E-state index contributed by atoms with van der Waals surface area (Å²) in [7, 11) is 0. The van der Waals surface area contributed by atoms with Crippen LogP contribution in [0.15, 0.2) is 76.8 Å². The topological polar surface area (TPSA) is 86.1 Å². The van der Waals surface area contributed by atoms with Crippen molar-refractivity contribution >= 4 is 34.4 Å². The van der Waals surface area contributed by atoms with Crippen molar-refractivity contribution in [3.63, 3.8) is 0 Å². The summed E-state index contributed by atoms with van der Waals surface area (Å²) in [6, 6.07) is 16.4. The molecule has 33 heavy (non-hydrogen) atoms. The first-order valence-electron chi connectivity index (χ1n) is 10.3. The third kappa shape index (κ3) is 5.38. The lowest BCUT2D eigenvalue weighted by molar-refractivity contribution is -0.113. The standard InChI is InChI=1S/C24H21FN4O3S/c1-2-32-20-8-4-3-7-19(20)27-21(30)15-33-24-28-22-18(6-5-13-26-22)23(31)29(24)14-16-9-11-17(25)12-10-16/h3-13H,2,14-15H2,1H3,(H,27,30). The molecule has 1 N–H and O–H groups in total.